The van der Waals surface area contributed by atoms with Crippen LogP contribution in [0, 0.1) is 3.57 Å². The third-order valence-corrected chi connectivity index (χ3v) is 3.96. The summed E-state index contributed by atoms with van der Waals surface area (Å²) in [6.45, 7) is 0. The molecule has 76 valence electrons. The Hall–Kier alpha value is 0.260. The van der Waals surface area contributed by atoms with E-state index in [0.717, 1.165) is 9.32 Å². The first-order chi connectivity index (χ1) is 6.65. The molecule has 0 spiro atoms. The van der Waals surface area contributed by atoms with E-state index in [4.69, 9.17) is 11.6 Å². The summed E-state index contributed by atoms with van der Waals surface area (Å²) in [5, 5.41) is 0.653. The molecule has 0 saturated heterocycles. The molecule has 0 aromatic heterocycles. The van der Waals surface area contributed by atoms with Gasteiger partial charge in [0.1, 0.15) is 0 Å². The van der Waals surface area contributed by atoms with Crippen molar-refractivity contribution in [3.05, 3.63) is 32.4 Å². The minimum Gasteiger partial charge on any atom is -0.294 e. The fraction of sp³-hybridized carbons (Fsp3) is 0.300. The van der Waals surface area contributed by atoms with Crippen LogP contribution < -0.4 is 0 Å². The lowest BCUT2D eigenvalue weighted by atomic mass is 10.1. The summed E-state index contributed by atoms with van der Waals surface area (Å²) in [5.74, 6) is 1.03. The van der Waals surface area contributed by atoms with E-state index in [-0.39, 0.29) is 5.78 Å². The molecule has 0 saturated carbocycles. The molecule has 1 aromatic carbocycles. The first-order valence-electron chi connectivity index (χ1n) is 4.12. The van der Waals surface area contributed by atoms with Gasteiger partial charge in [0.15, 0.2) is 5.78 Å². The minimum atomic E-state index is 0.164. The van der Waals surface area contributed by atoms with Crippen molar-refractivity contribution in [3.63, 3.8) is 0 Å². The van der Waals surface area contributed by atoms with Crippen LogP contribution in [0.5, 0.6) is 0 Å². The first-order valence-corrected chi connectivity index (χ1v) is 6.97. The summed E-state index contributed by atoms with van der Waals surface area (Å²) < 4.78 is 0.977. The molecule has 0 heterocycles. The number of hydrogen-bond acceptors (Lipinski definition) is 2. The van der Waals surface area contributed by atoms with E-state index in [1.165, 1.54) is 0 Å². The van der Waals surface area contributed by atoms with Gasteiger partial charge in [-0.1, -0.05) is 17.7 Å². The predicted molar refractivity (Wildman–Crippen MR) is 71.5 cm³/mol. The summed E-state index contributed by atoms with van der Waals surface area (Å²) in [4.78, 5) is 11.6. The standard InChI is InChI=1S/C10H10ClIOS/c1-14-5-4-10(13)7-2-3-9(12)8(11)6-7/h2-3,6H,4-5H2,1H3. The molecule has 0 bridgehead atoms. The highest BCUT2D eigenvalue weighted by Gasteiger charge is 2.06. The molecule has 0 atom stereocenters. The van der Waals surface area contributed by atoms with Crippen LogP contribution in [0.3, 0.4) is 0 Å². The highest BCUT2D eigenvalue weighted by Crippen LogP contribution is 2.20. The van der Waals surface area contributed by atoms with Gasteiger partial charge >= 0.3 is 0 Å². The molecule has 1 nitrogen and oxygen atoms in total. The van der Waals surface area contributed by atoms with E-state index >= 15 is 0 Å². The lowest BCUT2D eigenvalue weighted by molar-refractivity contribution is 0.0989. The topological polar surface area (TPSA) is 17.1 Å². The van der Waals surface area contributed by atoms with Crippen molar-refractivity contribution < 1.29 is 4.79 Å². The maximum Gasteiger partial charge on any atom is 0.163 e. The van der Waals surface area contributed by atoms with Crippen LogP contribution in [-0.2, 0) is 0 Å². The third kappa shape index (κ3) is 3.44. The molecule has 1 aromatic rings. The number of Topliss-reactive ketones (excluding diaryl/α,β-unsaturated/α-hetero) is 1. The van der Waals surface area contributed by atoms with E-state index < -0.39 is 0 Å². The van der Waals surface area contributed by atoms with Crippen LogP contribution in [0.25, 0.3) is 0 Å². The number of hydrogen-bond donors (Lipinski definition) is 0. The second-order valence-electron chi connectivity index (χ2n) is 2.79. The lowest BCUT2D eigenvalue weighted by Crippen LogP contribution is -2.00. The predicted octanol–water partition coefficient (Wildman–Crippen LogP) is 3.88. The number of ketones is 1. The second kappa shape index (κ2) is 5.98. The zero-order valence-corrected chi connectivity index (χ0v) is 11.4. The summed E-state index contributed by atoms with van der Waals surface area (Å²) in [6.07, 6.45) is 2.58. The number of benzene rings is 1. The zero-order chi connectivity index (χ0) is 10.6. The molecule has 0 unspecified atom stereocenters. The molecule has 0 aliphatic carbocycles. The molecule has 0 N–H and O–H groups in total. The van der Waals surface area contributed by atoms with Gasteiger partial charge in [-0.3, -0.25) is 4.79 Å². The SMILES string of the molecule is CSCCC(=O)c1ccc(I)c(Cl)c1. The van der Waals surface area contributed by atoms with Gasteiger partial charge in [-0.2, -0.15) is 11.8 Å². The van der Waals surface area contributed by atoms with Gasteiger partial charge in [-0.15, -0.1) is 0 Å². The smallest absolute Gasteiger partial charge is 0.163 e. The van der Waals surface area contributed by atoms with E-state index in [2.05, 4.69) is 22.6 Å². The van der Waals surface area contributed by atoms with Crippen molar-refractivity contribution in [2.45, 2.75) is 6.42 Å². The Bertz CT molecular complexity index is 341. The van der Waals surface area contributed by atoms with E-state index in [1.54, 1.807) is 17.8 Å². The second-order valence-corrected chi connectivity index (χ2v) is 5.35. The van der Waals surface area contributed by atoms with Crippen LogP contribution in [0.1, 0.15) is 16.8 Å². The summed E-state index contributed by atoms with van der Waals surface area (Å²) >= 11 is 9.75. The molecule has 1 rings (SSSR count). The van der Waals surface area contributed by atoms with Crippen molar-refractivity contribution in [2.24, 2.45) is 0 Å². The Labute approximate surface area is 107 Å². The average Bonchev–Trinajstić information content (AvgIpc) is 2.18. The number of thioether (sulfide) groups is 1. The quantitative estimate of drug-likeness (QED) is 0.611. The monoisotopic (exact) mass is 340 g/mol. The third-order valence-electron chi connectivity index (χ3n) is 1.77. The van der Waals surface area contributed by atoms with Gasteiger partial charge in [0.05, 0.1) is 5.02 Å². The maximum atomic E-state index is 11.6. The lowest BCUT2D eigenvalue weighted by Gasteiger charge is -2.01. The normalized spacial score (nSPS) is 10.2. The van der Waals surface area contributed by atoms with E-state index in [1.807, 2.05) is 18.4 Å². The molecular formula is C10H10ClIOS. The highest BCUT2D eigenvalue weighted by molar-refractivity contribution is 14.1. The molecule has 0 aliphatic rings. The van der Waals surface area contributed by atoms with Crippen LogP contribution in [0.2, 0.25) is 5.02 Å². The van der Waals surface area contributed by atoms with Gasteiger partial charge < -0.3 is 0 Å². The number of halogens is 2. The Morgan fingerprint density at radius 1 is 1.57 bits per heavy atom. The Kier molecular flexibility index (Phi) is 5.26. The van der Waals surface area contributed by atoms with Crippen molar-refractivity contribution in [2.75, 3.05) is 12.0 Å². The number of carbonyl (C=O) groups is 1. The van der Waals surface area contributed by atoms with Crippen LogP contribution >= 0.6 is 46.0 Å². The molecule has 0 amide bonds. The fourth-order valence-electron chi connectivity index (χ4n) is 1.01. The van der Waals surface area contributed by atoms with Crippen molar-refractivity contribution >= 4 is 51.7 Å². The maximum absolute atomic E-state index is 11.6. The van der Waals surface area contributed by atoms with Gasteiger partial charge in [0.2, 0.25) is 0 Å². The van der Waals surface area contributed by atoms with Gasteiger partial charge in [-0.05, 0) is 41.0 Å². The van der Waals surface area contributed by atoms with Crippen LogP contribution in [-0.4, -0.2) is 17.8 Å². The molecule has 0 aliphatic heterocycles. The van der Waals surface area contributed by atoms with E-state index in [9.17, 15) is 4.79 Å². The number of rotatable bonds is 4. The Morgan fingerprint density at radius 2 is 2.29 bits per heavy atom. The largest absolute Gasteiger partial charge is 0.294 e. The van der Waals surface area contributed by atoms with Crippen molar-refractivity contribution in [1.82, 2.24) is 0 Å². The fourth-order valence-corrected chi connectivity index (χ4v) is 1.91. The van der Waals surface area contributed by atoms with Crippen LogP contribution in [0.15, 0.2) is 18.2 Å². The number of carbonyl (C=O) groups excluding carboxylic acids is 1. The molecule has 0 fully saturated rings. The summed E-state index contributed by atoms with van der Waals surface area (Å²) in [7, 11) is 0. The Balaban J connectivity index is 2.76. The van der Waals surface area contributed by atoms with Gasteiger partial charge in [-0.25, -0.2) is 0 Å². The first kappa shape index (κ1) is 12.3. The van der Waals surface area contributed by atoms with Crippen LogP contribution in [0.4, 0.5) is 0 Å². The van der Waals surface area contributed by atoms with Crippen molar-refractivity contribution in [1.29, 1.82) is 0 Å². The summed E-state index contributed by atoms with van der Waals surface area (Å²) in [6, 6.07) is 5.44. The highest BCUT2D eigenvalue weighted by atomic mass is 127. The average molecular weight is 341 g/mol. The van der Waals surface area contributed by atoms with Gasteiger partial charge in [0.25, 0.3) is 0 Å². The van der Waals surface area contributed by atoms with E-state index in [0.29, 0.717) is 17.0 Å². The summed E-state index contributed by atoms with van der Waals surface area (Å²) in [5.41, 5.74) is 0.712. The minimum absolute atomic E-state index is 0.164. The van der Waals surface area contributed by atoms with Crippen molar-refractivity contribution in [3.8, 4) is 0 Å². The molecular weight excluding hydrogens is 331 g/mol. The molecule has 14 heavy (non-hydrogen) atoms. The molecule has 4 heteroatoms. The Morgan fingerprint density at radius 3 is 2.86 bits per heavy atom. The molecule has 0 radical (unpaired) electrons. The van der Waals surface area contributed by atoms with Gasteiger partial charge in [0, 0.05) is 21.3 Å². The zero-order valence-electron chi connectivity index (χ0n) is 7.72.